The topological polar surface area (TPSA) is 82.1 Å². The third kappa shape index (κ3) is 2.90. The molecule has 0 N–H and O–H groups in total. The lowest BCUT2D eigenvalue weighted by molar-refractivity contribution is -0.162. The van der Waals surface area contributed by atoms with Crippen molar-refractivity contribution in [1.82, 2.24) is 4.90 Å². The zero-order chi connectivity index (χ0) is 15.6. The van der Waals surface area contributed by atoms with E-state index in [0.717, 1.165) is 11.8 Å². The fraction of sp³-hybridized carbons (Fsp3) is 0.583. The van der Waals surface area contributed by atoms with Gasteiger partial charge in [0.05, 0.1) is 13.7 Å². The standard InChI is InChI=1S/C12H15NO6S2/c1-4-19-12(16)21-6-5-20-10-8(17-2)9(14)13(10)7(6)11(15)18-3/h8,10H,4-5H2,1-3H3/t8-,10?/m0/s1. The molecule has 0 saturated carbocycles. The molecule has 2 atom stereocenters. The second-order valence-electron chi connectivity index (χ2n) is 4.11. The molecule has 116 valence electrons. The molecule has 0 radical (unpaired) electrons. The lowest BCUT2D eigenvalue weighted by Gasteiger charge is -2.48. The van der Waals surface area contributed by atoms with Crippen molar-refractivity contribution in [2.75, 3.05) is 26.6 Å². The minimum atomic E-state index is -0.644. The van der Waals surface area contributed by atoms with E-state index in [4.69, 9.17) is 14.2 Å². The Morgan fingerprint density at radius 2 is 2.14 bits per heavy atom. The Labute approximate surface area is 130 Å². The van der Waals surface area contributed by atoms with Gasteiger partial charge in [0.2, 0.25) is 0 Å². The van der Waals surface area contributed by atoms with Crippen LogP contribution in [-0.4, -0.2) is 60.1 Å². The summed E-state index contributed by atoms with van der Waals surface area (Å²) in [4.78, 5) is 37.4. The molecule has 1 saturated heterocycles. The average molecular weight is 333 g/mol. The number of thioether (sulfide) groups is 2. The van der Waals surface area contributed by atoms with Gasteiger partial charge in [0.1, 0.15) is 11.1 Å². The van der Waals surface area contributed by atoms with E-state index >= 15 is 0 Å². The summed E-state index contributed by atoms with van der Waals surface area (Å²) in [7, 11) is 2.68. The monoisotopic (exact) mass is 333 g/mol. The number of carbonyl (C=O) groups excluding carboxylic acids is 3. The summed E-state index contributed by atoms with van der Waals surface area (Å²) in [6.45, 7) is 1.94. The van der Waals surface area contributed by atoms with Crippen molar-refractivity contribution in [1.29, 1.82) is 0 Å². The quantitative estimate of drug-likeness (QED) is 0.560. The van der Waals surface area contributed by atoms with E-state index < -0.39 is 17.4 Å². The van der Waals surface area contributed by atoms with Gasteiger partial charge in [-0.25, -0.2) is 9.59 Å². The van der Waals surface area contributed by atoms with Crippen molar-refractivity contribution in [2.24, 2.45) is 0 Å². The van der Waals surface area contributed by atoms with E-state index in [-0.39, 0.29) is 23.6 Å². The van der Waals surface area contributed by atoms with Crippen LogP contribution in [0, 0.1) is 0 Å². The van der Waals surface area contributed by atoms with Crippen LogP contribution in [0.5, 0.6) is 0 Å². The Bertz CT molecular complexity index is 506. The number of nitrogens with zero attached hydrogens (tertiary/aromatic N) is 1. The summed E-state index contributed by atoms with van der Waals surface area (Å²) in [5, 5.41) is -0.771. The third-order valence-electron chi connectivity index (χ3n) is 2.99. The molecule has 2 aliphatic rings. The summed E-state index contributed by atoms with van der Waals surface area (Å²) in [6, 6.07) is 0. The Hall–Kier alpha value is -1.19. The van der Waals surface area contributed by atoms with Gasteiger partial charge < -0.3 is 14.2 Å². The highest BCUT2D eigenvalue weighted by Gasteiger charge is 2.54. The predicted octanol–water partition coefficient (Wildman–Crippen LogP) is 1.19. The van der Waals surface area contributed by atoms with Gasteiger partial charge in [0.15, 0.2) is 6.10 Å². The number of rotatable bonds is 4. The van der Waals surface area contributed by atoms with Crippen LogP contribution in [0.25, 0.3) is 0 Å². The second-order valence-corrected chi connectivity index (χ2v) is 6.25. The molecule has 0 aromatic carbocycles. The zero-order valence-electron chi connectivity index (χ0n) is 11.8. The highest BCUT2D eigenvalue weighted by Crippen LogP contribution is 2.44. The van der Waals surface area contributed by atoms with E-state index in [2.05, 4.69) is 0 Å². The van der Waals surface area contributed by atoms with Crippen LogP contribution in [0.1, 0.15) is 6.92 Å². The molecular weight excluding hydrogens is 318 g/mol. The van der Waals surface area contributed by atoms with Gasteiger partial charge in [-0.05, 0) is 18.7 Å². The minimum absolute atomic E-state index is 0.109. The highest BCUT2D eigenvalue weighted by atomic mass is 32.2. The average Bonchev–Trinajstić information content (AvgIpc) is 2.47. The van der Waals surface area contributed by atoms with E-state index in [9.17, 15) is 14.4 Å². The molecule has 0 aromatic heterocycles. The number of β-lactam (4-membered cyclic amide) rings is 1. The lowest BCUT2D eigenvalue weighted by atomic mass is 10.1. The number of ether oxygens (including phenoxy) is 3. The molecule has 2 rings (SSSR count). The SMILES string of the molecule is CCOC(=O)SC1=C(C(=O)OC)N2C(=O)[C@H](OC)C2SC1. The first-order chi connectivity index (χ1) is 10.0. The maximum atomic E-state index is 12.0. The molecule has 1 amide bonds. The van der Waals surface area contributed by atoms with E-state index in [1.807, 2.05) is 0 Å². The van der Waals surface area contributed by atoms with Crippen molar-refractivity contribution in [3.8, 4) is 0 Å². The molecule has 21 heavy (non-hydrogen) atoms. The van der Waals surface area contributed by atoms with Crippen LogP contribution in [0.2, 0.25) is 0 Å². The summed E-state index contributed by atoms with van der Waals surface area (Å²) in [6.07, 6.45) is -0.566. The Morgan fingerprint density at radius 1 is 1.43 bits per heavy atom. The highest BCUT2D eigenvalue weighted by molar-refractivity contribution is 8.17. The fourth-order valence-corrected chi connectivity index (χ4v) is 4.37. The lowest BCUT2D eigenvalue weighted by Crippen LogP contribution is -2.65. The van der Waals surface area contributed by atoms with E-state index in [1.54, 1.807) is 6.92 Å². The van der Waals surface area contributed by atoms with Gasteiger partial charge in [-0.1, -0.05) is 0 Å². The van der Waals surface area contributed by atoms with Crippen molar-refractivity contribution in [3.63, 3.8) is 0 Å². The molecular formula is C12H15NO6S2. The molecule has 0 aromatic rings. The molecule has 0 spiro atoms. The van der Waals surface area contributed by atoms with Gasteiger partial charge in [-0.15, -0.1) is 11.8 Å². The first kappa shape index (κ1) is 16.2. The molecule has 2 aliphatic heterocycles. The van der Waals surface area contributed by atoms with E-state index in [0.29, 0.717) is 10.7 Å². The number of hydrogen-bond acceptors (Lipinski definition) is 8. The Balaban J connectivity index is 2.28. The summed E-state index contributed by atoms with van der Waals surface area (Å²) in [5.74, 6) is -0.533. The van der Waals surface area contributed by atoms with Gasteiger partial charge in [-0.3, -0.25) is 9.69 Å². The second kappa shape index (κ2) is 6.71. The van der Waals surface area contributed by atoms with Crippen molar-refractivity contribution >= 4 is 40.7 Å². The number of methoxy groups -OCH3 is 2. The van der Waals surface area contributed by atoms with Crippen LogP contribution in [0.4, 0.5) is 4.79 Å². The molecule has 9 heteroatoms. The van der Waals surface area contributed by atoms with Gasteiger partial charge >= 0.3 is 11.3 Å². The molecule has 1 unspecified atom stereocenters. The van der Waals surface area contributed by atoms with E-state index in [1.165, 1.54) is 30.9 Å². The molecule has 1 fully saturated rings. The fourth-order valence-electron chi connectivity index (χ4n) is 2.05. The molecule has 0 aliphatic carbocycles. The number of fused-ring (bicyclic) bond motifs is 1. The maximum Gasteiger partial charge on any atom is 0.371 e. The van der Waals surface area contributed by atoms with Crippen LogP contribution >= 0.6 is 23.5 Å². The smallest absolute Gasteiger partial charge is 0.371 e. The predicted molar refractivity (Wildman–Crippen MR) is 77.5 cm³/mol. The molecule has 0 bridgehead atoms. The van der Waals surface area contributed by atoms with Crippen LogP contribution in [-0.2, 0) is 23.8 Å². The zero-order valence-corrected chi connectivity index (χ0v) is 13.4. The minimum Gasteiger partial charge on any atom is -0.464 e. The Kier molecular flexibility index (Phi) is 5.17. The summed E-state index contributed by atoms with van der Waals surface area (Å²) in [5.41, 5.74) is 0.109. The largest absolute Gasteiger partial charge is 0.464 e. The Morgan fingerprint density at radius 3 is 2.71 bits per heavy atom. The molecule has 7 nitrogen and oxygen atoms in total. The van der Waals surface area contributed by atoms with Crippen molar-refractivity contribution in [2.45, 2.75) is 18.4 Å². The number of carbonyl (C=O) groups is 3. The maximum absolute atomic E-state index is 12.0. The molecule has 2 heterocycles. The van der Waals surface area contributed by atoms with Crippen molar-refractivity contribution in [3.05, 3.63) is 10.6 Å². The van der Waals surface area contributed by atoms with Crippen LogP contribution in [0.3, 0.4) is 0 Å². The third-order valence-corrected chi connectivity index (χ3v) is 5.29. The summed E-state index contributed by atoms with van der Waals surface area (Å²) < 4.78 is 14.7. The van der Waals surface area contributed by atoms with Crippen molar-refractivity contribution < 1.29 is 28.6 Å². The van der Waals surface area contributed by atoms with Crippen LogP contribution < -0.4 is 0 Å². The number of amides is 1. The first-order valence-electron chi connectivity index (χ1n) is 6.18. The van der Waals surface area contributed by atoms with Gasteiger partial charge in [-0.2, -0.15) is 0 Å². The number of hydrogen-bond donors (Lipinski definition) is 0. The van der Waals surface area contributed by atoms with Gasteiger partial charge in [0, 0.05) is 17.8 Å². The van der Waals surface area contributed by atoms with Gasteiger partial charge in [0.25, 0.3) is 5.91 Å². The summed E-state index contributed by atoms with van der Waals surface area (Å²) >= 11 is 2.24. The van der Waals surface area contributed by atoms with Crippen LogP contribution in [0.15, 0.2) is 10.6 Å². The normalized spacial score (nSPS) is 24.3. The first-order valence-corrected chi connectivity index (χ1v) is 8.05. The number of esters is 1.